The van der Waals surface area contributed by atoms with E-state index in [-0.39, 0.29) is 18.5 Å². The number of aryl methyl sites for hydroxylation is 3. The van der Waals surface area contributed by atoms with Gasteiger partial charge in [-0.15, -0.1) is 0 Å². The maximum absolute atomic E-state index is 12.1. The van der Waals surface area contributed by atoms with Gasteiger partial charge in [0, 0.05) is 19.8 Å². The van der Waals surface area contributed by atoms with Crippen molar-refractivity contribution in [2.75, 3.05) is 11.9 Å². The quantitative estimate of drug-likeness (QED) is 0.788. The van der Waals surface area contributed by atoms with Crippen molar-refractivity contribution in [3.63, 3.8) is 0 Å². The topological polar surface area (TPSA) is 79.2 Å². The van der Waals surface area contributed by atoms with E-state index in [0.717, 1.165) is 22.4 Å². The van der Waals surface area contributed by atoms with Crippen LogP contribution in [0, 0.1) is 13.8 Å². The van der Waals surface area contributed by atoms with Gasteiger partial charge in [0.1, 0.15) is 0 Å². The number of anilines is 1. The SMILES string of the molecule is Cc1cc(C)cc([C@H](O)CNC(=O)Nc2cn(C)nc2C(C)C)c1. The minimum atomic E-state index is -0.743. The Bertz CT molecular complexity index is 702. The molecule has 0 bridgehead atoms. The first kappa shape index (κ1) is 18.0. The van der Waals surface area contributed by atoms with Crippen LogP contribution >= 0.6 is 0 Å². The Hall–Kier alpha value is -2.34. The summed E-state index contributed by atoms with van der Waals surface area (Å²) < 4.78 is 1.68. The Balaban J connectivity index is 1.96. The summed E-state index contributed by atoms with van der Waals surface area (Å²) in [7, 11) is 1.82. The number of aliphatic hydroxyl groups excluding tert-OH is 1. The Labute approximate surface area is 142 Å². The molecule has 0 aliphatic carbocycles. The number of aromatic nitrogens is 2. The van der Waals surface area contributed by atoms with E-state index in [1.807, 2.05) is 52.9 Å². The molecule has 2 rings (SSSR count). The molecule has 1 heterocycles. The zero-order chi connectivity index (χ0) is 17.9. The van der Waals surface area contributed by atoms with Gasteiger partial charge in [0.15, 0.2) is 0 Å². The second kappa shape index (κ2) is 7.49. The van der Waals surface area contributed by atoms with E-state index in [1.54, 1.807) is 10.9 Å². The molecule has 1 atom stereocenters. The number of hydrogen-bond donors (Lipinski definition) is 3. The summed E-state index contributed by atoms with van der Waals surface area (Å²) in [6, 6.07) is 5.55. The first-order chi connectivity index (χ1) is 11.3. The van der Waals surface area contributed by atoms with Crippen molar-refractivity contribution in [1.29, 1.82) is 0 Å². The molecule has 130 valence electrons. The third-order valence-corrected chi connectivity index (χ3v) is 3.74. The molecular weight excluding hydrogens is 304 g/mol. The fourth-order valence-electron chi connectivity index (χ4n) is 2.70. The van der Waals surface area contributed by atoms with Crippen LogP contribution in [0.1, 0.15) is 48.3 Å². The van der Waals surface area contributed by atoms with Crippen molar-refractivity contribution in [2.45, 2.75) is 39.7 Å². The van der Waals surface area contributed by atoms with Gasteiger partial charge in [-0.1, -0.05) is 43.2 Å². The lowest BCUT2D eigenvalue weighted by Gasteiger charge is -2.14. The van der Waals surface area contributed by atoms with E-state index in [4.69, 9.17) is 0 Å². The largest absolute Gasteiger partial charge is 0.387 e. The number of carbonyl (C=O) groups is 1. The number of urea groups is 1. The van der Waals surface area contributed by atoms with Gasteiger partial charge in [0.2, 0.25) is 0 Å². The van der Waals surface area contributed by atoms with E-state index in [0.29, 0.717) is 5.69 Å². The molecule has 0 unspecified atom stereocenters. The molecule has 0 aliphatic rings. The first-order valence-corrected chi connectivity index (χ1v) is 8.11. The van der Waals surface area contributed by atoms with Gasteiger partial charge >= 0.3 is 6.03 Å². The number of benzene rings is 1. The average Bonchev–Trinajstić information content (AvgIpc) is 2.84. The van der Waals surface area contributed by atoms with E-state index >= 15 is 0 Å². The molecule has 3 N–H and O–H groups in total. The van der Waals surface area contributed by atoms with Gasteiger partial charge < -0.3 is 15.7 Å². The smallest absolute Gasteiger partial charge is 0.319 e. The van der Waals surface area contributed by atoms with Crippen LogP contribution in [0.2, 0.25) is 0 Å². The summed E-state index contributed by atoms with van der Waals surface area (Å²) in [6.07, 6.45) is 1.03. The molecule has 1 aromatic heterocycles. The molecule has 1 aromatic carbocycles. The van der Waals surface area contributed by atoms with Crippen LogP contribution in [-0.4, -0.2) is 27.5 Å². The fraction of sp³-hybridized carbons (Fsp3) is 0.444. The second-order valence-corrected chi connectivity index (χ2v) is 6.53. The van der Waals surface area contributed by atoms with Crippen molar-refractivity contribution in [1.82, 2.24) is 15.1 Å². The van der Waals surface area contributed by atoms with Gasteiger partial charge in [0.25, 0.3) is 0 Å². The van der Waals surface area contributed by atoms with Crippen molar-refractivity contribution >= 4 is 11.7 Å². The highest BCUT2D eigenvalue weighted by Gasteiger charge is 2.15. The highest BCUT2D eigenvalue weighted by molar-refractivity contribution is 5.89. The van der Waals surface area contributed by atoms with E-state index in [1.165, 1.54) is 0 Å². The molecule has 6 nitrogen and oxygen atoms in total. The van der Waals surface area contributed by atoms with Gasteiger partial charge in [-0.05, 0) is 25.3 Å². The predicted molar refractivity (Wildman–Crippen MR) is 95.2 cm³/mol. The minimum absolute atomic E-state index is 0.145. The van der Waals surface area contributed by atoms with Crippen LogP contribution in [0.3, 0.4) is 0 Å². The van der Waals surface area contributed by atoms with E-state index in [9.17, 15) is 9.90 Å². The minimum Gasteiger partial charge on any atom is -0.387 e. The van der Waals surface area contributed by atoms with Gasteiger partial charge in [-0.25, -0.2) is 4.79 Å². The number of hydrogen-bond acceptors (Lipinski definition) is 3. The number of aliphatic hydroxyl groups is 1. The van der Waals surface area contributed by atoms with Crippen LogP contribution in [0.4, 0.5) is 10.5 Å². The van der Waals surface area contributed by atoms with Crippen molar-refractivity contribution in [3.8, 4) is 0 Å². The highest BCUT2D eigenvalue weighted by Crippen LogP contribution is 2.22. The maximum atomic E-state index is 12.1. The Morgan fingerprint density at radius 3 is 2.46 bits per heavy atom. The molecule has 0 spiro atoms. The summed E-state index contributed by atoms with van der Waals surface area (Å²) in [5.74, 6) is 0.211. The van der Waals surface area contributed by atoms with Crippen LogP contribution in [0.15, 0.2) is 24.4 Å². The first-order valence-electron chi connectivity index (χ1n) is 8.11. The Morgan fingerprint density at radius 1 is 1.25 bits per heavy atom. The Kier molecular flexibility index (Phi) is 5.62. The molecule has 2 amide bonds. The molecule has 6 heteroatoms. The maximum Gasteiger partial charge on any atom is 0.319 e. The molecule has 0 radical (unpaired) electrons. The molecule has 24 heavy (non-hydrogen) atoms. The lowest BCUT2D eigenvalue weighted by Crippen LogP contribution is -2.32. The second-order valence-electron chi connectivity index (χ2n) is 6.53. The summed E-state index contributed by atoms with van der Waals surface area (Å²) in [4.78, 5) is 12.1. The third-order valence-electron chi connectivity index (χ3n) is 3.74. The molecule has 2 aromatic rings. The predicted octanol–water partition coefficient (Wildman–Crippen LogP) is 3.02. The van der Waals surface area contributed by atoms with Crippen LogP contribution in [0.5, 0.6) is 0 Å². The van der Waals surface area contributed by atoms with Gasteiger partial charge in [0.05, 0.1) is 17.5 Å². The lowest BCUT2D eigenvalue weighted by molar-refractivity contribution is 0.175. The highest BCUT2D eigenvalue weighted by atomic mass is 16.3. The van der Waals surface area contributed by atoms with Crippen molar-refractivity contribution in [2.24, 2.45) is 7.05 Å². The molecule has 0 saturated heterocycles. The standard InChI is InChI=1S/C18H26N4O2/c1-11(2)17-15(10-22(5)21-17)20-18(24)19-9-16(23)14-7-12(3)6-13(4)8-14/h6-8,10-11,16,23H,9H2,1-5H3,(H2,19,20,24)/t16-/m1/s1. The zero-order valence-electron chi connectivity index (χ0n) is 14.9. The number of rotatable bonds is 5. The van der Waals surface area contributed by atoms with Crippen molar-refractivity contribution in [3.05, 3.63) is 46.8 Å². The van der Waals surface area contributed by atoms with Crippen LogP contribution in [-0.2, 0) is 7.05 Å². The normalized spacial score (nSPS) is 12.3. The number of carbonyl (C=O) groups excluding carboxylic acids is 1. The van der Waals surface area contributed by atoms with Crippen LogP contribution in [0.25, 0.3) is 0 Å². The summed E-state index contributed by atoms with van der Waals surface area (Å²) in [5.41, 5.74) is 4.50. The van der Waals surface area contributed by atoms with E-state index < -0.39 is 6.10 Å². The van der Waals surface area contributed by atoms with E-state index in [2.05, 4.69) is 15.7 Å². The molecular formula is C18H26N4O2. The average molecular weight is 330 g/mol. The molecule has 0 saturated carbocycles. The fourth-order valence-corrected chi connectivity index (χ4v) is 2.70. The summed E-state index contributed by atoms with van der Waals surface area (Å²) in [5, 5.41) is 20.1. The summed E-state index contributed by atoms with van der Waals surface area (Å²) >= 11 is 0. The van der Waals surface area contributed by atoms with Gasteiger partial charge in [-0.2, -0.15) is 5.10 Å². The zero-order valence-corrected chi connectivity index (χ0v) is 14.9. The number of amides is 2. The monoisotopic (exact) mass is 330 g/mol. The van der Waals surface area contributed by atoms with Gasteiger partial charge in [-0.3, -0.25) is 4.68 Å². The third kappa shape index (κ3) is 4.58. The van der Waals surface area contributed by atoms with Crippen molar-refractivity contribution < 1.29 is 9.90 Å². The number of nitrogens with zero attached hydrogens (tertiary/aromatic N) is 2. The van der Waals surface area contributed by atoms with Crippen LogP contribution < -0.4 is 10.6 Å². The lowest BCUT2D eigenvalue weighted by atomic mass is 10.0. The Morgan fingerprint density at radius 2 is 1.88 bits per heavy atom. The molecule has 0 aliphatic heterocycles. The summed E-state index contributed by atoms with van der Waals surface area (Å²) in [6.45, 7) is 8.16. The molecule has 0 fully saturated rings. The number of nitrogens with one attached hydrogen (secondary N) is 2.